The van der Waals surface area contributed by atoms with E-state index in [1.165, 1.54) is 6.08 Å². The first-order valence-electron chi connectivity index (χ1n) is 12.4. The summed E-state index contributed by atoms with van der Waals surface area (Å²) in [6.45, 7) is 6.57. The predicted octanol–water partition coefficient (Wildman–Crippen LogP) is 4.24. The summed E-state index contributed by atoms with van der Waals surface area (Å²) in [6, 6.07) is 9.70. The van der Waals surface area contributed by atoms with Gasteiger partial charge in [-0.25, -0.2) is 4.68 Å². The summed E-state index contributed by atoms with van der Waals surface area (Å²) < 4.78 is 37.7. The van der Waals surface area contributed by atoms with Gasteiger partial charge in [-0.2, -0.15) is 12.7 Å². The first-order valence-corrected chi connectivity index (χ1v) is 14.3. The van der Waals surface area contributed by atoms with Crippen LogP contribution in [0.2, 0.25) is 0 Å². The number of hydrogen-bond acceptors (Lipinski definition) is 8. The van der Waals surface area contributed by atoms with Crippen LogP contribution in [0.15, 0.2) is 42.4 Å². The first-order chi connectivity index (χ1) is 18.1. The Morgan fingerprint density at radius 1 is 1.26 bits per heavy atom. The second-order valence-electron chi connectivity index (χ2n) is 9.13. The molecule has 1 N–H and O–H groups in total. The maximum atomic E-state index is 12.7. The molecule has 4 rings (SSSR count). The number of rotatable bonds is 10. The van der Waals surface area contributed by atoms with Gasteiger partial charge in [0.15, 0.2) is 0 Å². The van der Waals surface area contributed by atoms with Crippen LogP contribution in [0, 0.1) is 13.8 Å². The minimum Gasteiger partial charge on any atom is -0.480 e. The van der Waals surface area contributed by atoms with Gasteiger partial charge in [-0.1, -0.05) is 29.5 Å². The van der Waals surface area contributed by atoms with Gasteiger partial charge in [-0.05, 0) is 61.1 Å². The van der Waals surface area contributed by atoms with Crippen LogP contribution in [-0.2, 0) is 37.1 Å². The molecule has 2 aromatic carbocycles. The highest BCUT2D eigenvalue weighted by Crippen LogP contribution is 2.35. The lowest BCUT2D eigenvalue weighted by atomic mass is 9.84. The maximum Gasteiger partial charge on any atom is 0.388 e. The molecule has 38 heavy (non-hydrogen) atoms. The van der Waals surface area contributed by atoms with Crippen molar-refractivity contribution in [3.05, 3.63) is 70.2 Å². The fourth-order valence-electron chi connectivity index (χ4n) is 4.61. The number of carbonyl (C=O) groups is 1. The first kappa shape index (κ1) is 27.9. The Balaban J connectivity index is 1.74. The van der Waals surface area contributed by atoms with E-state index in [2.05, 4.69) is 14.5 Å². The molecule has 2 heterocycles. The van der Waals surface area contributed by atoms with Gasteiger partial charge < -0.3 is 14.0 Å². The number of hydrogen-bond donors (Lipinski definition) is 1. The molecule has 1 unspecified atom stereocenters. The Hall–Kier alpha value is -3.15. The average Bonchev–Trinajstić information content (AvgIpc) is 3.28. The fraction of sp³-hybridized carbons (Fsp3) is 0.423. The lowest BCUT2D eigenvalue weighted by molar-refractivity contribution is -0.143. The molecule has 0 spiro atoms. The third-order valence-corrected chi connectivity index (χ3v) is 8.20. The monoisotopic (exact) mass is 562 g/mol. The van der Waals surface area contributed by atoms with Crippen molar-refractivity contribution >= 4 is 38.9 Å². The summed E-state index contributed by atoms with van der Waals surface area (Å²) >= 11 is 5.85. The number of ether oxygens (including phenoxy) is 1. The molecule has 0 amide bonds. The highest BCUT2D eigenvalue weighted by molar-refractivity contribution is 7.84. The Morgan fingerprint density at radius 3 is 2.76 bits per heavy atom. The van der Waals surface area contributed by atoms with E-state index in [1.807, 2.05) is 48.9 Å². The van der Waals surface area contributed by atoms with Crippen molar-refractivity contribution in [2.45, 2.75) is 52.6 Å². The van der Waals surface area contributed by atoms with Crippen LogP contribution < -0.4 is 0 Å². The minimum absolute atomic E-state index is 0.0146. The summed E-state index contributed by atoms with van der Waals surface area (Å²) in [5.74, 6) is -0.800. The zero-order chi connectivity index (χ0) is 27.4. The Bertz CT molecular complexity index is 1470. The molecule has 0 fully saturated rings. The van der Waals surface area contributed by atoms with E-state index in [9.17, 15) is 18.3 Å². The molecule has 0 saturated carbocycles. The second kappa shape index (κ2) is 11.7. The van der Waals surface area contributed by atoms with Gasteiger partial charge in [0, 0.05) is 37.5 Å². The van der Waals surface area contributed by atoms with E-state index in [0.29, 0.717) is 12.4 Å². The Labute approximate surface area is 227 Å². The Kier molecular flexibility index (Phi) is 8.59. The van der Waals surface area contributed by atoms with Gasteiger partial charge in [0.05, 0.1) is 18.5 Å². The number of halogens is 1. The zero-order valence-electron chi connectivity index (χ0n) is 21.6. The van der Waals surface area contributed by atoms with Crippen molar-refractivity contribution in [3.63, 3.8) is 0 Å². The van der Waals surface area contributed by atoms with Crippen molar-refractivity contribution < 1.29 is 27.2 Å². The molecule has 1 atom stereocenters. The number of aryl methyl sites for hydroxylation is 3. The predicted molar refractivity (Wildman–Crippen MR) is 143 cm³/mol. The Morgan fingerprint density at radius 2 is 2.05 bits per heavy atom. The second-order valence-corrected chi connectivity index (χ2v) is 11.0. The van der Waals surface area contributed by atoms with E-state index in [-0.39, 0.29) is 38.0 Å². The third kappa shape index (κ3) is 5.95. The van der Waals surface area contributed by atoms with Crippen LogP contribution in [0.5, 0.6) is 0 Å². The number of benzene rings is 2. The number of fused-ring (bicyclic) bond motifs is 1. The normalized spacial score (nSPS) is 16.2. The van der Waals surface area contributed by atoms with E-state index >= 15 is 0 Å². The summed E-state index contributed by atoms with van der Waals surface area (Å²) in [5, 5.41) is 18.2. The summed E-state index contributed by atoms with van der Waals surface area (Å²) in [4.78, 5) is 12.7. The largest absolute Gasteiger partial charge is 0.480 e. The number of aliphatic hydroxyl groups excluding tert-OH is 1. The van der Waals surface area contributed by atoms with Crippen LogP contribution in [0.25, 0.3) is 11.0 Å². The fourth-order valence-corrected chi connectivity index (χ4v) is 5.67. The van der Waals surface area contributed by atoms with Crippen molar-refractivity contribution in [1.29, 1.82) is 0 Å². The molecule has 204 valence electrons. The smallest absolute Gasteiger partial charge is 0.388 e. The molecule has 0 aliphatic carbocycles. The number of carbonyl (C=O) groups excluding carboxylic acids is 1. The van der Waals surface area contributed by atoms with Crippen molar-refractivity contribution in [2.24, 2.45) is 0 Å². The quantitative estimate of drug-likeness (QED) is 0.287. The third-order valence-electron chi connectivity index (χ3n) is 6.64. The molecule has 0 bridgehead atoms. The van der Waals surface area contributed by atoms with Crippen LogP contribution in [0.3, 0.4) is 0 Å². The average molecular weight is 563 g/mol. The number of nitrogens with zero attached hydrogens (tertiary/aromatic N) is 4. The lowest BCUT2D eigenvalue weighted by Crippen LogP contribution is -2.35. The zero-order valence-corrected chi connectivity index (χ0v) is 23.1. The molecule has 1 aliphatic rings. The van der Waals surface area contributed by atoms with Crippen LogP contribution in [0.4, 0.5) is 0 Å². The van der Waals surface area contributed by atoms with Crippen molar-refractivity contribution in [1.82, 2.24) is 19.3 Å². The SMILES string of the molecule is CCOC(=O)CC(c1ccc(C)c(CN2CC=C(O)OS2(=O)=O)c1)c1ccc2c(nnn2CCCCl)c1C. The minimum atomic E-state index is -4.12. The highest BCUT2D eigenvalue weighted by atomic mass is 35.5. The van der Waals surface area contributed by atoms with E-state index in [1.54, 1.807) is 6.92 Å². The lowest BCUT2D eigenvalue weighted by Gasteiger charge is -2.25. The van der Waals surface area contributed by atoms with Gasteiger partial charge in [0.2, 0.25) is 0 Å². The molecular formula is C26H31ClN4O6S. The van der Waals surface area contributed by atoms with Gasteiger partial charge in [0.25, 0.3) is 5.95 Å². The summed E-state index contributed by atoms with van der Waals surface area (Å²) in [5.41, 5.74) is 5.93. The van der Waals surface area contributed by atoms with Gasteiger partial charge in [-0.15, -0.1) is 16.7 Å². The van der Waals surface area contributed by atoms with E-state index in [4.69, 9.17) is 16.3 Å². The van der Waals surface area contributed by atoms with Gasteiger partial charge in [-0.3, -0.25) is 4.79 Å². The van der Waals surface area contributed by atoms with E-state index < -0.39 is 16.2 Å². The number of aliphatic hydroxyl groups is 1. The number of alkyl halides is 1. The van der Waals surface area contributed by atoms with Gasteiger partial charge >= 0.3 is 16.3 Å². The molecule has 1 aliphatic heterocycles. The van der Waals surface area contributed by atoms with Crippen molar-refractivity contribution in [2.75, 3.05) is 19.0 Å². The molecule has 10 nitrogen and oxygen atoms in total. The van der Waals surface area contributed by atoms with Crippen LogP contribution in [-0.4, -0.2) is 57.8 Å². The molecule has 12 heteroatoms. The van der Waals surface area contributed by atoms with Crippen LogP contribution in [0.1, 0.15) is 53.5 Å². The van der Waals surface area contributed by atoms with Gasteiger partial charge in [0.1, 0.15) is 5.52 Å². The molecule has 0 saturated heterocycles. The summed E-state index contributed by atoms with van der Waals surface area (Å²) in [7, 11) is -4.12. The maximum absolute atomic E-state index is 12.7. The van der Waals surface area contributed by atoms with E-state index in [0.717, 1.165) is 49.6 Å². The standard InChI is InChI=1S/C26H31ClN4O6S/c1-4-36-25(33)15-22(21-8-9-23-26(18(21)3)28-29-31(23)12-5-11-27)19-7-6-17(2)20(14-19)16-30-13-10-24(32)37-38(30,34)35/h6-10,14,22,32H,4-5,11-13,15-16H2,1-3H3. The molecule has 3 aromatic rings. The van der Waals surface area contributed by atoms with Crippen LogP contribution >= 0.6 is 11.6 Å². The molecular weight excluding hydrogens is 532 g/mol. The topological polar surface area (TPSA) is 124 Å². The van der Waals surface area contributed by atoms with Crippen molar-refractivity contribution in [3.8, 4) is 0 Å². The number of aromatic nitrogens is 3. The summed E-state index contributed by atoms with van der Waals surface area (Å²) in [6.07, 6.45) is 2.17. The molecule has 1 aromatic heterocycles. The molecule has 0 radical (unpaired) electrons. The highest BCUT2D eigenvalue weighted by Gasteiger charge is 2.30. The number of esters is 1.